The van der Waals surface area contributed by atoms with Gasteiger partial charge >= 0.3 is 12.2 Å². The minimum absolute atomic E-state index is 0.0509. The van der Waals surface area contributed by atoms with Gasteiger partial charge in [-0.25, -0.2) is 4.79 Å². The number of alkyl halides is 3. The number of methoxy groups -OCH3 is 1. The molecule has 2 N–H and O–H groups in total. The van der Waals surface area contributed by atoms with Gasteiger partial charge in [-0.1, -0.05) is 12.1 Å². The van der Waals surface area contributed by atoms with E-state index >= 15 is 0 Å². The average molecular weight is 345 g/mol. The third-order valence-corrected chi connectivity index (χ3v) is 3.91. The van der Waals surface area contributed by atoms with Gasteiger partial charge < -0.3 is 15.4 Å². The van der Waals surface area contributed by atoms with Crippen LogP contribution in [-0.2, 0) is 6.54 Å². The maximum Gasteiger partial charge on any atom is 0.401 e. The molecule has 8 heteroatoms. The highest BCUT2D eigenvalue weighted by Gasteiger charge is 2.34. The van der Waals surface area contributed by atoms with Gasteiger partial charge in [0.1, 0.15) is 5.75 Å². The lowest BCUT2D eigenvalue weighted by atomic mass is 10.1. The van der Waals surface area contributed by atoms with E-state index in [4.69, 9.17) is 4.74 Å². The largest absolute Gasteiger partial charge is 0.497 e. The van der Waals surface area contributed by atoms with Crippen LogP contribution in [0, 0.1) is 5.92 Å². The predicted octanol–water partition coefficient (Wildman–Crippen LogP) is 2.38. The molecule has 1 aromatic carbocycles. The second-order valence-corrected chi connectivity index (χ2v) is 5.92. The van der Waals surface area contributed by atoms with E-state index in [9.17, 15) is 18.0 Å². The highest BCUT2D eigenvalue weighted by molar-refractivity contribution is 5.73. The van der Waals surface area contributed by atoms with Gasteiger partial charge in [0.2, 0.25) is 0 Å². The van der Waals surface area contributed by atoms with Crippen LogP contribution in [0.4, 0.5) is 18.0 Å². The Morgan fingerprint density at radius 3 is 2.88 bits per heavy atom. The molecule has 1 aliphatic rings. The van der Waals surface area contributed by atoms with Crippen LogP contribution in [0.5, 0.6) is 5.75 Å². The monoisotopic (exact) mass is 345 g/mol. The summed E-state index contributed by atoms with van der Waals surface area (Å²) < 4.78 is 42.1. The molecule has 1 unspecified atom stereocenters. The summed E-state index contributed by atoms with van der Waals surface area (Å²) in [5.41, 5.74) is 0.904. The number of likely N-dealkylation sites (tertiary alicyclic amines) is 1. The zero-order valence-electron chi connectivity index (χ0n) is 13.5. The van der Waals surface area contributed by atoms with E-state index in [2.05, 4.69) is 10.6 Å². The Kier molecular flexibility index (Phi) is 6.30. The highest BCUT2D eigenvalue weighted by Crippen LogP contribution is 2.22. The number of amides is 2. The van der Waals surface area contributed by atoms with Crippen molar-refractivity contribution >= 4 is 6.03 Å². The zero-order chi connectivity index (χ0) is 17.6. The van der Waals surface area contributed by atoms with Crippen molar-refractivity contribution in [3.05, 3.63) is 29.8 Å². The van der Waals surface area contributed by atoms with E-state index in [0.717, 1.165) is 5.56 Å². The lowest BCUT2D eigenvalue weighted by Gasteiger charge is -2.18. The molecule has 0 aromatic heterocycles. The Labute approximate surface area is 139 Å². The average Bonchev–Trinajstić information content (AvgIpc) is 2.96. The predicted molar refractivity (Wildman–Crippen MR) is 83.8 cm³/mol. The summed E-state index contributed by atoms with van der Waals surface area (Å²) in [6.07, 6.45) is -3.51. The second kappa shape index (κ2) is 8.23. The second-order valence-electron chi connectivity index (χ2n) is 5.92. The van der Waals surface area contributed by atoms with E-state index in [-0.39, 0.29) is 11.9 Å². The van der Waals surface area contributed by atoms with Crippen LogP contribution in [0.15, 0.2) is 24.3 Å². The maximum absolute atomic E-state index is 12.3. The first-order chi connectivity index (χ1) is 11.4. The molecule has 1 atom stereocenters. The molecule has 134 valence electrons. The SMILES string of the molecule is COc1cccc(CNC(=O)NCC2CCN(CC(F)(F)F)C2)c1. The summed E-state index contributed by atoms with van der Waals surface area (Å²) in [5, 5.41) is 5.44. The minimum atomic E-state index is -4.17. The zero-order valence-corrected chi connectivity index (χ0v) is 13.5. The molecule has 0 saturated carbocycles. The van der Waals surface area contributed by atoms with Gasteiger partial charge in [-0.05, 0) is 36.6 Å². The Morgan fingerprint density at radius 2 is 2.17 bits per heavy atom. The third-order valence-electron chi connectivity index (χ3n) is 3.91. The molecule has 0 bridgehead atoms. The lowest BCUT2D eigenvalue weighted by Crippen LogP contribution is -2.39. The minimum Gasteiger partial charge on any atom is -0.497 e. The number of hydrogen-bond donors (Lipinski definition) is 2. The summed E-state index contributed by atoms with van der Waals surface area (Å²) >= 11 is 0. The van der Waals surface area contributed by atoms with Crippen LogP contribution in [0.25, 0.3) is 0 Å². The van der Waals surface area contributed by atoms with Crippen molar-refractivity contribution in [2.24, 2.45) is 5.92 Å². The maximum atomic E-state index is 12.3. The van der Waals surface area contributed by atoms with Crippen LogP contribution in [0.2, 0.25) is 0 Å². The van der Waals surface area contributed by atoms with Crippen LogP contribution in [0.1, 0.15) is 12.0 Å². The molecule has 0 spiro atoms. The van der Waals surface area contributed by atoms with Crippen molar-refractivity contribution in [1.29, 1.82) is 0 Å². The summed E-state index contributed by atoms with van der Waals surface area (Å²) in [6, 6.07) is 7.02. The van der Waals surface area contributed by atoms with Crippen LogP contribution < -0.4 is 15.4 Å². The van der Waals surface area contributed by atoms with E-state index < -0.39 is 12.7 Å². The Hall–Kier alpha value is -1.96. The number of halogens is 3. The highest BCUT2D eigenvalue weighted by atomic mass is 19.4. The van der Waals surface area contributed by atoms with Crippen molar-refractivity contribution in [3.8, 4) is 5.75 Å². The molecule has 1 aliphatic heterocycles. The topological polar surface area (TPSA) is 53.6 Å². The first-order valence-electron chi connectivity index (χ1n) is 7.79. The summed E-state index contributed by atoms with van der Waals surface area (Å²) in [7, 11) is 1.57. The fourth-order valence-electron chi connectivity index (χ4n) is 2.74. The normalized spacial score (nSPS) is 18.4. The summed E-state index contributed by atoms with van der Waals surface area (Å²) in [5.74, 6) is 0.764. The number of rotatable bonds is 6. The molecule has 1 heterocycles. The third kappa shape index (κ3) is 6.27. The Balaban J connectivity index is 1.66. The van der Waals surface area contributed by atoms with Gasteiger partial charge in [0.25, 0.3) is 0 Å². The van der Waals surface area contributed by atoms with E-state index in [0.29, 0.717) is 38.3 Å². The fourth-order valence-corrected chi connectivity index (χ4v) is 2.74. The number of carbonyl (C=O) groups is 1. The van der Waals surface area contributed by atoms with Crippen LogP contribution in [-0.4, -0.2) is 50.4 Å². The summed E-state index contributed by atoms with van der Waals surface area (Å²) in [4.78, 5) is 13.2. The molecule has 24 heavy (non-hydrogen) atoms. The van der Waals surface area contributed by atoms with Crippen molar-refractivity contribution < 1.29 is 22.7 Å². The number of carbonyl (C=O) groups excluding carboxylic acids is 1. The first-order valence-corrected chi connectivity index (χ1v) is 7.79. The van der Waals surface area contributed by atoms with Gasteiger partial charge in [-0.15, -0.1) is 0 Å². The Morgan fingerprint density at radius 1 is 1.38 bits per heavy atom. The van der Waals surface area contributed by atoms with Crippen molar-refractivity contribution in [3.63, 3.8) is 0 Å². The molecule has 1 saturated heterocycles. The number of urea groups is 1. The number of hydrogen-bond acceptors (Lipinski definition) is 3. The van der Waals surface area contributed by atoms with Crippen LogP contribution >= 0.6 is 0 Å². The molecule has 2 rings (SSSR count). The molecule has 2 amide bonds. The smallest absolute Gasteiger partial charge is 0.401 e. The van der Waals surface area contributed by atoms with Gasteiger partial charge in [0.15, 0.2) is 0 Å². The standard InChI is InChI=1S/C16H22F3N3O2/c1-24-14-4-2-3-12(7-14)8-20-15(23)21-9-13-5-6-22(10-13)11-16(17,18)19/h2-4,7,13H,5-6,8-11H2,1H3,(H2,20,21,23). The van der Waals surface area contributed by atoms with Gasteiger partial charge in [-0.2, -0.15) is 13.2 Å². The van der Waals surface area contributed by atoms with E-state index in [1.54, 1.807) is 7.11 Å². The molecule has 1 fully saturated rings. The van der Waals surface area contributed by atoms with E-state index in [1.165, 1.54) is 4.90 Å². The molecular formula is C16H22F3N3O2. The number of nitrogens with one attached hydrogen (secondary N) is 2. The quantitative estimate of drug-likeness (QED) is 0.832. The number of benzene rings is 1. The van der Waals surface area contributed by atoms with Gasteiger partial charge in [0.05, 0.1) is 13.7 Å². The van der Waals surface area contributed by atoms with E-state index in [1.807, 2.05) is 24.3 Å². The first kappa shape index (κ1) is 18.4. The molecular weight excluding hydrogens is 323 g/mol. The molecule has 0 radical (unpaired) electrons. The molecule has 5 nitrogen and oxygen atoms in total. The van der Waals surface area contributed by atoms with Crippen LogP contribution in [0.3, 0.4) is 0 Å². The Bertz CT molecular complexity index is 552. The summed E-state index contributed by atoms with van der Waals surface area (Å²) in [6.45, 7) is 0.616. The fraction of sp³-hybridized carbons (Fsp3) is 0.562. The van der Waals surface area contributed by atoms with Gasteiger partial charge in [0, 0.05) is 19.6 Å². The van der Waals surface area contributed by atoms with Crippen molar-refractivity contribution in [1.82, 2.24) is 15.5 Å². The lowest BCUT2D eigenvalue weighted by molar-refractivity contribution is -0.143. The molecule has 0 aliphatic carbocycles. The molecule has 1 aromatic rings. The number of ether oxygens (including phenoxy) is 1. The number of nitrogens with zero attached hydrogens (tertiary/aromatic N) is 1. The van der Waals surface area contributed by atoms with Gasteiger partial charge in [-0.3, -0.25) is 4.90 Å². The van der Waals surface area contributed by atoms with Crippen molar-refractivity contribution in [2.75, 3.05) is 33.3 Å². The van der Waals surface area contributed by atoms with Crippen molar-refractivity contribution in [2.45, 2.75) is 19.1 Å².